The Morgan fingerprint density at radius 2 is 0.702 bits per heavy atom. The largest absolute Gasteiger partial charge is 0.481 e. The molecule has 23 N–H and O–H groups in total. The number of rotatable bonds is 44. The van der Waals surface area contributed by atoms with Gasteiger partial charge in [-0.3, -0.25) is 62.3 Å². The average molecular weight is 1240 g/mol. The zero-order chi connectivity index (χ0) is 64.4. The van der Waals surface area contributed by atoms with E-state index in [9.17, 15) is 92.7 Å². The highest BCUT2D eigenvalue weighted by molar-refractivity contribution is 7.80. The second kappa shape index (κ2) is 41.2. The molecule has 0 aromatic carbocycles. The third-order valence-electron chi connectivity index (χ3n) is 12.1. The van der Waals surface area contributed by atoms with Crippen LogP contribution in [0.5, 0.6) is 0 Å². The predicted octanol–water partition coefficient (Wildman–Crippen LogP) is -7.34. The first-order chi connectivity index (χ1) is 39.4. The molecule has 0 spiro atoms. The lowest BCUT2D eigenvalue weighted by molar-refractivity contribution is -0.142. The van der Waals surface area contributed by atoms with Crippen LogP contribution in [-0.4, -0.2) is 213 Å². The van der Waals surface area contributed by atoms with Crippen molar-refractivity contribution >= 4 is 108 Å². The molecule has 0 unspecified atom stereocenters. The molecule has 84 heavy (non-hydrogen) atoms. The molecule has 0 aromatic rings. The number of unbranched alkanes of at least 4 members (excludes halogenated alkanes) is 2. The number of hydrogen-bond acceptors (Lipinski definition) is 21. The zero-order valence-corrected chi connectivity index (χ0v) is 49.2. The van der Waals surface area contributed by atoms with Crippen molar-refractivity contribution in [1.29, 1.82) is 0 Å². The van der Waals surface area contributed by atoms with E-state index in [-0.39, 0.29) is 69.0 Å². The van der Waals surface area contributed by atoms with Gasteiger partial charge >= 0.3 is 17.9 Å². The third-order valence-corrected chi connectivity index (χ3v) is 12.9. The average Bonchev–Trinajstić information content (AvgIpc) is 3.53. The number of carboxylic acid groups (broad SMARTS) is 3. The Morgan fingerprint density at radius 1 is 0.393 bits per heavy atom. The second-order valence-corrected chi connectivity index (χ2v) is 21.0. The monoisotopic (exact) mass is 1240 g/mol. The van der Waals surface area contributed by atoms with Crippen LogP contribution < -0.4 is 76.1 Å². The highest BCUT2D eigenvalue weighted by atomic mass is 32.1. The number of amides is 11. The van der Waals surface area contributed by atoms with E-state index in [1.807, 2.05) is 0 Å². The number of carboxylic acids is 3. The quantitative estimate of drug-likeness (QED) is 0.0199. The molecule has 0 saturated heterocycles. The van der Waals surface area contributed by atoms with Gasteiger partial charge in [0.25, 0.3) is 0 Å². The fourth-order valence-corrected chi connectivity index (χ4v) is 8.06. The molecular formula is C49H86N14O19S2. The minimum absolute atomic E-state index is 0.0351. The van der Waals surface area contributed by atoms with E-state index in [4.69, 9.17) is 22.9 Å². The van der Waals surface area contributed by atoms with Crippen molar-refractivity contribution in [2.24, 2.45) is 34.8 Å². The van der Waals surface area contributed by atoms with Crippen LogP contribution in [-0.2, 0) is 67.1 Å². The summed E-state index contributed by atoms with van der Waals surface area (Å²) in [6.45, 7) is 4.74. The van der Waals surface area contributed by atoms with E-state index in [1.165, 1.54) is 0 Å². The molecule has 0 bridgehead atoms. The van der Waals surface area contributed by atoms with Crippen LogP contribution in [0, 0.1) is 11.8 Å². The van der Waals surface area contributed by atoms with E-state index in [0.29, 0.717) is 12.8 Å². The van der Waals surface area contributed by atoms with Gasteiger partial charge in [0.1, 0.15) is 60.4 Å². The molecule has 0 aromatic heterocycles. The summed E-state index contributed by atoms with van der Waals surface area (Å²) in [6.07, 6.45) is -2.54. The number of nitrogens with two attached hydrogens (primary N) is 4. The lowest BCUT2D eigenvalue weighted by Crippen LogP contribution is -2.62. The number of aliphatic carboxylic acids is 3. The Labute approximate surface area is 496 Å². The maximum atomic E-state index is 14.1. The van der Waals surface area contributed by atoms with Gasteiger partial charge in [-0.2, -0.15) is 25.3 Å². The van der Waals surface area contributed by atoms with E-state index in [0.717, 1.165) is 0 Å². The highest BCUT2D eigenvalue weighted by Gasteiger charge is 2.37. The molecule has 33 nitrogen and oxygen atoms in total. The van der Waals surface area contributed by atoms with E-state index < -0.39 is 194 Å². The van der Waals surface area contributed by atoms with Gasteiger partial charge in [0, 0.05) is 17.9 Å². The molecule has 0 aliphatic heterocycles. The van der Waals surface area contributed by atoms with Crippen molar-refractivity contribution in [2.45, 2.75) is 171 Å². The Bertz CT molecular complexity index is 2250. The summed E-state index contributed by atoms with van der Waals surface area (Å²) >= 11 is 7.84. The summed E-state index contributed by atoms with van der Waals surface area (Å²) in [4.78, 5) is 183. The van der Waals surface area contributed by atoms with Crippen LogP contribution in [0.1, 0.15) is 105 Å². The normalized spacial score (nSPS) is 15.1. The van der Waals surface area contributed by atoms with Crippen molar-refractivity contribution in [2.75, 3.05) is 37.8 Å². The maximum absolute atomic E-state index is 14.1. The van der Waals surface area contributed by atoms with Crippen LogP contribution in [0.15, 0.2) is 0 Å². The van der Waals surface area contributed by atoms with Crippen LogP contribution in [0.4, 0.5) is 0 Å². The Morgan fingerprint density at radius 3 is 1.02 bits per heavy atom. The lowest BCUT2D eigenvalue weighted by atomic mass is 10.0. The number of primary amides is 1. The molecule has 11 atom stereocenters. The van der Waals surface area contributed by atoms with Crippen LogP contribution in [0.25, 0.3) is 0 Å². The number of thiol groups is 2. The first-order valence-electron chi connectivity index (χ1n) is 27.0. The maximum Gasteiger partial charge on any atom is 0.327 e. The van der Waals surface area contributed by atoms with Crippen LogP contribution in [0.3, 0.4) is 0 Å². The van der Waals surface area contributed by atoms with Crippen LogP contribution >= 0.6 is 25.3 Å². The van der Waals surface area contributed by atoms with Gasteiger partial charge in [-0.1, -0.05) is 27.7 Å². The third kappa shape index (κ3) is 30.6. The van der Waals surface area contributed by atoms with E-state index in [1.54, 1.807) is 27.7 Å². The summed E-state index contributed by atoms with van der Waals surface area (Å²) in [6, 6.07) is -17.8. The minimum atomic E-state index is -1.97. The Balaban J connectivity index is 6.67. The molecule has 0 rings (SSSR count). The lowest BCUT2D eigenvalue weighted by Gasteiger charge is -2.28. The topological polar surface area (TPSA) is 565 Å². The number of aliphatic hydroxyl groups is 2. The van der Waals surface area contributed by atoms with Crippen molar-refractivity contribution in [3.8, 4) is 0 Å². The summed E-state index contributed by atoms with van der Waals surface area (Å²) < 4.78 is 0. The van der Waals surface area contributed by atoms with Gasteiger partial charge in [-0.15, -0.1) is 0 Å². The molecular weight excluding hydrogens is 1150 g/mol. The smallest absolute Gasteiger partial charge is 0.327 e. The molecule has 0 aliphatic carbocycles. The molecule has 478 valence electrons. The molecule has 11 amide bonds. The van der Waals surface area contributed by atoms with Gasteiger partial charge < -0.3 is 102 Å². The summed E-state index contributed by atoms with van der Waals surface area (Å²) in [7, 11) is 0. The van der Waals surface area contributed by atoms with Gasteiger partial charge in [-0.25, -0.2) is 4.79 Å². The van der Waals surface area contributed by atoms with Crippen LogP contribution in [0.2, 0.25) is 0 Å². The molecule has 35 heteroatoms. The Kier molecular flexibility index (Phi) is 37.8. The molecule has 0 heterocycles. The predicted molar refractivity (Wildman–Crippen MR) is 304 cm³/mol. The SMILES string of the molecule is CC(C)C[C@H](NC(=O)[C@H](CCCCN)NC(=O)[C@H](CO)NC(=O)[C@H](CO)NC(=O)[C@H](CC(N)=O)NC(=O)[C@H](CC(C)C)NC(=O)[C@H](CCCCN)NC(=O)[C@H](CCC(=O)O)NC(=O)[C@H](CC(=O)O)NC(=O)[C@@H](N)CS)C(=O)N[C@@H](CS)C(=O)O. The molecule has 0 radical (unpaired) electrons. The molecule has 0 aliphatic rings. The first kappa shape index (κ1) is 77.1. The number of nitrogens with one attached hydrogen (secondary N) is 10. The van der Waals surface area contributed by atoms with E-state index >= 15 is 0 Å². The van der Waals surface area contributed by atoms with Gasteiger partial charge in [-0.05, 0) is 82.7 Å². The van der Waals surface area contributed by atoms with E-state index in [2.05, 4.69) is 78.4 Å². The molecule has 0 saturated carbocycles. The van der Waals surface area contributed by atoms with Gasteiger partial charge in [0.15, 0.2) is 0 Å². The van der Waals surface area contributed by atoms with Gasteiger partial charge in [0.2, 0.25) is 65.0 Å². The summed E-state index contributed by atoms with van der Waals surface area (Å²) in [5.74, 6) is -17.6. The highest BCUT2D eigenvalue weighted by Crippen LogP contribution is 2.12. The first-order valence-corrected chi connectivity index (χ1v) is 28.2. The van der Waals surface area contributed by atoms with Crippen molar-refractivity contribution in [3.63, 3.8) is 0 Å². The number of hydrogen-bond donors (Lipinski definition) is 21. The number of carbonyl (C=O) groups is 14. The fourth-order valence-electron chi connectivity index (χ4n) is 7.65. The summed E-state index contributed by atoms with van der Waals surface area (Å²) in [5, 5.41) is 71.7. The fraction of sp³-hybridized carbons (Fsp3) is 0.714. The van der Waals surface area contributed by atoms with Crippen molar-refractivity contribution in [3.05, 3.63) is 0 Å². The minimum Gasteiger partial charge on any atom is -0.481 e. The standard InChI is InChI=1S/C49H86N14O19S2/c1-23(2)15-29(58-40(72)26(9-5-7-13-50)54-42(74)28(11-12-37(67)68)56-46(78)32(18-38(69)70)57-39(71)25(52)21-83)43(75)60-31(17-36(53)66)45(77)61-34(20-65)48(80)62-33(19-64)47(79)55-27(10-6-8-14-51)41(73)59-30(16-24(3)4)44(76)63-35(22-84)49(81)82/h23-35,64-65,83-84H,5-22,50-52H2,1-4H3,(H2,53,66)(H,54,74)(H,55,79)(H,56,78)(H,57,71)(H,58,72)(H,59,73)(H,60,75)(H,61,77)(H,62,80)(H,63,76)(H,67,68)(H,69,70)(H,81,82)/t25-,26-,27-,28-,29-,30-,31-,32-,33-,34-,35-/m0/s1. The zero-order valence-electron chi connectivity index (χ0n) is 47.4. The molecule has 0 fully saturated rings. The van der Waals surface area contributed by atoms with Crippen molar-refractivity contribution in [1.82, 2.24) is 53.2 Å². The van der Waals surface area contributed by atoms with Crippen molar-refractivity contribution < 1.29 is 92.7 Å². The number of aliphatic hydroxyl groups excluding tert-OH is 2. The second-order valence-electron chi connectivity index (χ2n) is 20.3. The summed E-state index contributed by atoms with van der Waals surface area (Å²) in [5.41, 5.74) is 22.3. The Hall–Kier alpha value is -6.92. The number of carbonyl (C=O) groups excluding carboxylic acids is 11. The van der Waals surface area contributed by atoms with Gasteiger partial charge in [0.05, 0.1) is 32.1 Å².